The van der Waals surface area contributed by atoms with E-state index in [9.17, 15) is 4.79 Å². The van der Waals surface area contributed by atoms with Gasteiger partial charge in [0.2, 0.25) is 0 Å². The van der Waals surface area contributed by atoms with Crippen LogP contribution in [0.4, 0.5) is 0 Å². The predicted molar refractivity (Wildman–Crippen MR) is 67.9 cm³/mol. The zero-order valence-corrected chi connectivity index (χ0v) is 9.88. The van der Waals surface area contributed by atoms with Gasteiger partial charge in [-0.1, -0.05) is 6.92 Å². The second kappa shape index (κ2) is 4.94. The molecular weight excluding hydrogens is 218 g/mol. The molecular formula is C13H13NOS. The van der Waals surface area contributed by atoms with Crippen molar-refractivity contribution in [1.82, 2.24) is 4.98 Å². The summed E-state index contributed by atoms with van der Waals surface area (Å²) in [7, 11) is 0. The molecule has 16 heavy (non-hydrogen) atoms. The zero-order chi connectivity index (χ0) is 11.4. The van der Waals surface area contributed by atoms with Crippen LogP contribution in [0.2, 0.25) is 0 Å². The van der Waals surface area contributed by atoms with Gasteiger partial charge in [0.25, 0.3) is 0 Å². The topological polar surface area (TPSA) is 32.9 Å². The van der Waals surface area contributed by atoms with Crippen molar-refractivity contribution in [2.24, 2.45) is 0 Å². The molecule has 0 aliphatic rings. The fraction of sp³-hybridized carbons (Fsp3) is 0.154. The molecule has 82 valence electrons. The second-order valence-electron chi connectivity index (χ2n) is 3.44. The molecule has 0 unspecified atom stereocenters. The largest absolute Gasteiger partial charge is 0.362 e. The Morgan fingerprint density at radius 1 is 1.44 bits per heavy atom. The van der Waals surface area contributed by atoms with Crippen LogP contribution in [0.25, 0.3) is 6.08 Å². The Labute approximate surface area is 98.6 Å². The fourth-order valence-electron chi connectivity index (χ4n) is 1.40. The third-order valence-corrected chi connectivity index (χ3v) is 3.53. The van der Waals surface area contributed by atoms with E-state index in [-0.39, 0.29) is 5.78 Å². The molecule has 0 radical (unpaired) electrons. The lowest BCUT2D eigenvalue weighted by atomic mass is 10.2. The Balaban J connectivity index is 2.08. The smallest absolute Gasteiger partial charge is 0.195 e. The van der Waals surface area contributed by atoms with Gasteiger partial charge >= 0.3 is 0 Å². The Morgan fingerprint density at radius 2 is 2.31 bits per heavy atom. The molecule has 0 spiro atoms. The highest BCUT2D eigenvalue weighted by atomic mass is 32.1. The van der Waals surface area contributed by atoms with E-state index in [0.29, 0.717) is 0 Å². The van der Waals surface area contributed by atoms with Crippen LogP contribution in [0.1, 0.15) is 27.2 Å². The molecule has 2 aromatic heterocycles. The molecule has 2 aromatic rings. The first-order valence-corrected chi connectivity index (χ1v) is 6.05. The number of hydrogen-bond acceptors (Lipinski definition) is 2. The number of hydrogen-bond donors (Lipinski definition) is 1. The normalized spacial score (nSPS) is 11.1. The SMILES string of the molecule is CCc1ccc(C(=O)/C=C/c2ccc[nH]2)s1. The van der Waals surface area contributed by atoms with Crippen molar-refractivity contribution in [3.63, 3.8) is 0 Å². The van der Waals surface area contributed by atoms with Gasteiger partial charge in [-0.2, -0.15) is 0 Å². The van der Waals surface area contributed by atoms with E-state index in [4.69, 9.17) is 0 Å². The van der Waals surface area contributed by atoms with Crippen molar-refractivity contribution in [3.8, 4) is 0 Å². The highest BCUT2D eigenvalue weighted by molar-refractivity contribution is 7.14. The van der Waals surface area contributed by atoms with E-state index in [2.05, 4.69) is 11.9 Å². The number of carbonyl (C=O) groups excluding carboxylic acids is 1. The fourth-order valence-corrected chi connectivity index (χ4v) is 2.26. The lowest BCUT2D eigenvalue weighted by Crippen LogP contribution is -1.88. The van der Waals surface area contributed by atoms with Crippen molar-refractivity contribution < 1.29 is 4.79 Å². The number of aromatic amines is 1. The Hall–Kier alpha value is -1.61. The van der Waals surface area contributed by atoms with Crippen LogP contribution in [0, 0.1) is 0 Å². The summed E-state index contributed by atoms with van der Waals surface area (Å²) in [5.41, 5.74) is 0.945. The summed E-state index contributed by atoms with van der Waals surface area (Å²) in [4.78, 5) is 16.9. The summed E-state index contributed by atoms with van der Waals surface area (Å²) in [5, 5.41) is 0. The van der Waals surface area contributed by atoms with E-state index in [1.54, 1.807) is 23.5 Å². The van der Waals surface area contributed by atoms with Crippen LogP contribution in [-0.2, 0) is 6.42 Å². The summed E-state index contributed by atoms with van der Waals surface area (Å²) in [6.45, 7) is 2.09. The monoisotopic (exact) mass is 231 g/mol. The van der Waals surface area contributed by atoms with E-state index < -0.39 is 0 Å². The molecule has 2 nitrogen and oxygen atoms in total. The van der Waals surface area contributed by atoms with Crippen LogP contribution >= 0.6 is 11.3 Å². The molecule has 0 fully saturated rings. The number of allylic oxidation sites excluding steroid dienone is 1. The molecule has 0 aromatic carbocycles. The number of ketones is 1. The number of carbonyl (C=O) groups is 1. The highest BCUT2D eigenvalue weighted by Gasteiger charge is 2.04. The minimum absolute atomic E-state index is 0.0688. The van der Waals surface area contributed by atoms with E-state index in [0.717, 1.165) is 17.0 Å². The average molecular weight is 231 g/mol. The van der Waals surface area contributed by atoms with Gasteiger partial charge in [0.05, 0.1) is 4.88 Å². The number of H-pyrrole nitrogens is 1. The maximum atomic E-state index is 11.8. The van der Waals surface area contributed by atoms with Crippen LogP contribution in [0.15, 0.2) is 36.5 Å². The maximum absolute atomic E-state index is 11.8. The van der Waals surface area contributed by atoms with Gasteiger partial charge in [-0.3, -0.25) is 4.79 Å². The molecule has 2 rings (SSSR count). The summed E-state index contributed by atoms with van der Waals surface area (Å²) in [6, 6.07) is 7.74. The van der Waals surface area contributed by atoms with Crippen molar-refractivity contribution in [2.75, 3.05) is 0 Å². The number of aryl methyl sites for hydroxylation is 1. The number of thiophene rings is 1. The quantitative estimate of drug-likeness (QED) is 0.633. The molecule has 1 N–H and O–H groups in total. The lowest BCUT2D eigenvalue weighted by molar-refractivity contribution is 0.105. The first-order valence-electron chi connectivity index (χ1n) is 5.24. The molecule has 2 heterocycles. The van der Waals surface area contributed by atoms with Gasteiger partial charge in [-0.15, -0.1) is 11.3 Å². The molecule has 0 aliphatic carbocycles. The third-order valence-electron chi connectivity index (χ3n) is 2.29. The van der Waals surface area contributed by atoms with Gasteiger partial charge in [-0.05, 0) is 42.8 Å². The van der Waals surface area contributed by atoms with Gasteiger partial charge in [0, 0.05) is 16.8 Å². The van der Waals surface area contributed by atoms with Gasteiger partial charge < -0.3 is 4.98 Å². The van der Waals surface area contributed by atoms with Crippen molar-refractivity contribution >= 4 is 23.2 Å². The van der Waals surface area contributed by atoms with Crippen LogP contribution in [0.5, 0.6) is 0 Å². The zero-order valence-electron chi connectivity index (χ0n) is 9.07. The molecule has 0 bridgehead atoms. The Morgan fingerprint density at radius 3 is 2.94 bits per heavy atom. The lowest BCUT2D eigenvalue weighted by Gasteiger charge is -1.88. The van der Waals surface area contributed by atoms with E-state index in [1.807, 2.05) is 30.5 Å². The summed E-state index contributed by atoms with van der Waals surface area (Å²) in [5.74, 6) is 0.0688. The first kappa shape index (κ1) is 10.9. The molecule has 0 aliphatic heterocycles. The van der Waals surface area contributed by atoms with Gasteiger partial charge in [-0.25, -0.2) is 0 Å². The predicted octanol–water partition coefficient (Wildman–Crippen LogP) is 3.53. The van der Waals surface area contributed by atoms with Gasteiger partial charge in [0.15, 0.2) is 5.78 Å². The van der Waals surface area contributed by atoms with E-state index >= 15 is 0 Å². The molecule has 0 amide bonds. The Bertz CT molecular complexity index is 494. The number of rotatable bonds is 4. The highest BCUT2D eigenvalue weighted by Crippen LogP contribution is 2.18. The second-order valence-corrected chi connectivity index (χ2v) is 4.61. The van der Waals surface area contributed by atoms with Gasteiger partial charge in [0.1, 0.15) is 0 Å². The minimum atomic E-state index is 0.0688. The first-order chi connectivity index (χ1) is 7.79. The number of aromatic nitrogens is 1. The standard InChI is InChI=1S/C13H13NOS/c1-2-11-6-8-13(16-11)12(15)7-5-10-4-3-9-14-10/h3-9,14H,2H2,1H3/b7-5+. The summed E-state index contributed by atoms with van der Waals surface area (Å²) >= 11 is 1.57. The van der Waals surface area contributed by atoms with Crippen molar-refractivity contribution in [3.05, 3.63) is 52.0 Å². The summed E-state index contributed by atoms with van der Waals surface area (Å²) < 4.78 is 0. The molecule has 0 atom stereocenters. The van der Waals surface area contributed by atoms with Crippen LogP contribution < -0.4 is 0 Å². The van der Waals surface area contributed by atoms with E-state index in [1.165, 1.54) is 4.88 Å². The van der Waals surface area contributed by atoms with Crippen molar-refractivity contribution in [2.45, 2.75) is 13.3 Å². The molecule has 0 saturated heterocycles. The molecule has 0 saturated carbocycles. The average Bonchev–Trinajstić information content (AvgIpc) is 2.96. The minimum Gasteiger partial charge on any atom is -0.362 e. The van der Waals surface area contributed by atoms with Crippen LogP contribution in [-0.4, -0.2) is 10.8 Å². The van der Waals surface area contributed by atoms with Crippen LogP contribution in [0.3, 0.4) is 0 Å². The molecule has 3 heteroatoms. The Kier molecular flexibility index (Phi) is 3.37. The number of nitrogens with one attached hydrogen (secondary N) is 1. The summed E-state index contributed by atoms with van der Waals surface area (Å²) in [6.07, 6.45) is 6.23. The van der Waals surface area contributed by atoms with Crippen molar-refractivity contribution in [1.29, 1.82) is 0 Å². The maximum Gasteiger partial charge on any atom is 0.195 e. The third kappa shape index (κ3) is 2.49.